The summed E-state index contributed by atoms with van der Waals surface area (Å²) in [5.41, 5.74) is 4.62. The van der Waals surface area contributed by atoms with Crippen molar-refractivity contribution in [3.8, 4) is 5.75 Å². The van der Waals surface area contributed by atoms with Gasteiger partial charge in [0.2, 0.25) is 0 Å². The van der Waals surface area contributed by atoms with E-state index >= 15 is 0 Å². The summed E-state index contributed by atoms with van der Waals surface area (Å²) in [5.74, 6) is -1.09. The Balaban J connectivity index is 1.62. The van der Waals surface area contributed by atoms with Gasteiger partial charge in [-0.2, -0.15) is 5.10 Å². The number of hydrogen-bond acceptors (Lipinski definition) is 4. The molecule has 0 heterocycles. The molecular formula is C26H19FN2O3. The molecule has 0 spiro atoms. The number of hydrogen-bond donors (Lipinski definition) is 1. The number of rotatable bonds is 5. The van der Waals surface area contributed by atoms with Crippen molar-refractivity contribution in [1.29, 1.82) is 0 Å². The molecule has 0 unspecified atom stereocenters. The summed E-state index contributed by atoms with van der Waals surface area (Å²) in [5, 5.41) is 5.77. The lowest BCUT2D eigenvalue weighted by Gasteiger charge is -2.11. The molecule has 0 radical (unpaired) electrons. The highest BCUT2D eigenvalue weighted by Gasteiger charge is 2.14. The maximum absolute atomic E-state index is 13.1. The molecule has 158 valence electrons. The molecule has 4 aromatic carbocycles. The second kappa shape index (κ2) is 9.22. The number of benzene rings is 4. The lowest BCUT2D eigenvalue weighted by Crippen LogP contribution is -2.17. The fourth-order valence-corrected chi connectivity index (χ4v) is 3.25. The number of ether oxygens (including phenoxy) is 1. The molecule has 4 rings (SSSR count). The minimum atomic E-state index is -0.492. The zero-order valence-electron chi connectivity index (χ0n) is 17.2. The van der Waals surface area contributed by atoms with Crippen molar-refractivity contribution in [3.05, 3.63) is 113 Å². The SMILES string of the molecule is Cc1cccc(C(=O)Oc2ccc3ccccc3c2/C=N\NC(=O)c2ccc(F)cc2)c1. The molecule has 0 saturated carbocycles. The van der Waals surface area contributed by atoms with Crippen molar-refractivity contribution in [2.24, 2.45) is 5.10 Å². The molecule has 32 heavy (non-hydrogen) atoms. The van der Waals surface area contributed by atoms with Gasteiger partial charge in [0.15, 0.2) is 0 Å². The van der Waals surface area contributed by atoms with Gasteiger partial charge in [-0.3, -0.25) is 4.79 Å². The quantitative estimate of drug-likeness (QED) is 0.205. The van der Waals surface area contributed by atoms with Crippen LogP contribution in [0, 0.1) is 12.7 Å². The van der Waals surface area contributed by atoms with E-state index in [2.05, 4.69) is 10.5 Å². The number of fused-ring (bicyclic) bond motifs is 1. The highest BCUT2D eigenvalue weighted by molar-refractivity contribution is 6.04. The minimum absolute atomic E-state index is 0.271. The van der Waals surface area contributed by atoms with Crippen LogP contribution >= 0.6 is 0 Å². The van der Waals surface area contributed by atoms with Crippen LogP contribution in [0.3, 0.4) is 0 Å². The first-order chi connectivity index (χ1) is 15.5. The maximum atomic E-state index is 13.1. The van der Waals surface area contributed by atoms with Gasteiger partial charge < -0.3 is 4.74 Å². The van der Waals surface area contributed by atoms with Crippen LogP contribution in [0.15, 0.2) is 90.0 Å². The van der Waals surface area contributed by atoms with Gasteiger partial charge in [0.25, 0.3) is 5.91 Å². The second-order valence-corrected chi connectivity index (χ2v) is 7.16. The Labute approximate surface area is 184 Å². The van der Waals surface area contributed by atoms with Gasteiger partial charge in [-0.1, -0.05) is 48.0 Å². The van der Waals surface area contributed by atoms with Crippen LogP contribution in [0.1, 0.15) is 31.8 Å². The van der Waals surface area contributed by atoms with E-state index in [4.69, 9.17) is 4.74 Å². The van der Waals surface area contributed by atoms with Crippen molar-refractivity contribution in [2.75, 3.05) is 0 Å². The van der Waals surface area contributed by atoms with Crippen molar-refractivity contribution in [3.63, 3.8) is 0 Å². The van der Waals surface area contributed by atoms with E-state index in [0.717, 1.165) is 16.3 Å². The first-order valence-electron chi connectivity index (χ1n) is 9.91. The molecule has 0 atom stereocenters. The van der Waals surface area contributed by atoms with Gasteiger partial charge in [-0.05, 0) is 60.2 Å². The highest BCUT2D eigenvalue weighted by Crippen LogP contribution is 2.27. The van der Waals surface area contributed by atoms with E-state index in [-0.39, 0.29) is 5.56 Å². The Morgan fingerprint density at radius 3 is 2.47 bits per heavy atom. The third-order valence-corrected chi connectivity index (χ3v) is 4.85. The van der Waals surface area contributed by atoms with E-state index in [9.17, 15) is 14.0 Å². The summed E-state index contributed by atoms with van der Waals surface area (Å²) >= 11 is 0. The van der Waals surface area contributed by atoms with Crippen molar-refractivity contribution in [1.82, 2.24) is 5.43 Å². The van der Waals surface area contributed by atoms with Crippen molar-refractivity contribution in [2.45, 2.75) is 6.92 Å². The van der Waals surface area contributed by atoms with E-state index in [0.29, 0.717) is 16.9 Å². The van der Waals surface area contributed by atoms with Crippen LogP contribution in [0.2, 0.25) is 0 Å². The highest BCUT2D eigenvalue weighted by atomic mass is 19.1. The van der Waals surface area contributed by atoms with Crippen LogP contribution in [0.25, 0.3) is 10.8 Å². The standard InChI is InChI=1S/C26H19FN2O3/c1-17-5-4-7-20(15-17)26(31)32-24-14-11-18-6-2-3-8-22(18)23(24)16-28-29-25(30)19-9-12-21(27)13-10-19/h2-16H,1H3,(H,29,30)/b28-16-. The third-order valence-electron chi connectivity index (χ3n) is 4.85. The minimum Gasteiger partial charge on any atom is -0.422 e. The average Bonchev–Trinajstić information content (AvgIpc) is 2.80. The first-order valence-corrected chi connectivity index (χ1v) is 9.91. The van der Waals surface area contributed by atoms with Crippen LogP contribution < -0.4 is 10.2 Å². The number of nitrogens with one attached hydrogen (secondary N) is 1. The number of nitrogens with zero attached hydrogens (tertiary/aromatic N) is 1. The molecule has 4 aromatic rings. The summed E-state index contributed by atoms with van der Waals surface area (Å²) in [6, 6.07) is 23.4. The normalized spacial score (nSPS) is 10.9. The Hall–Kier alpha value is -4.32. The topological polar surface area (TPSA) is 67.8 Å². The Kier molecular flexibility index (Phi) is 6.03. The Bertz CT molecular complexity index is 1330. The molecule has 0 aliphatic rings. The molecule has 0 aliphatic heterocycles. The van der Waals surface area contributed by atoms with Crippen LogP contribution in [-0.2, 0) is 0 Å². The predicted molar refractivity (Wildman–Crippen MR) is 122 cm³/mol. The number of amides is 1. The summed E-state index contributed by atoms with van der Waals surface area (Å²) in [7, 11) is 0. The fourth-order valence-electron chi connectivity index (χ4n) is 3.25. The molecule has 0 bridgehead atoms. The summed E-state index contributed by atoms with van der Waals surface area (Å²) < 4.78 is 18.7. The molecule has 0 aromatic heterocycles. The molecule has 0 saturated heterocycles. The number of hydrazone groups is 1. The van der Waals surface area contributed by atoms with E-state index < -0.39 is 17.7 Å². The van der Waals surface area contributed by atoms with Gasteiger partial charge in [0.1, 0.15) is 11.6 Å². The van der Waals surface area contributed by atoms with Gasteiger partial charge in [0, 0.05) is 11.1 Å². The zero-order chi connectivity index (χ0) is 22.5. The number of halogens is 1. The molecule has 0 aliphatic carbocycles. The number of carbonyl (C=O) groups is 2. The number of aryl methyl sites for hydroxylation is 1. The summed E-state index contributed by atoms with van der Waals surface area (Å²) in [4.78, 5) is 24.9. The smallest absolute Gasteiger partial charge is 0.343 e. The molecule has 1 amide bonds. The van der Waals surface area contributed by atoms with E-state index in [1.807, 2.05) is 43.3 Å². The monoisotopic (exact) mass is 426 g/mol. The van der Waals surface area contributed by atoms with Gasteiger partial charge >= 0.3 is 5.97 Å². The number of esters is 1. The fraction of sp³-hybridized carbons (Fsp3) is 0.0385. The number of carbonyl (C=O) groups excluding carboxylic acids is 2. The Morgan fingerprint density at radius 1 is 0.906 bits per heavy atom. The van der Waals surface area contributed by atoms with Crippen LogP contribution in [-0.4, -0.2) is 18.1 Å². The molecule has 5 nitrogen and oxygen atoms in total. The van der Waals surface area contributed by atoms with Crippen LogP contribution in [0.4, 0.5) is 4.39 Å². The predicted octanol–water partition coefficient (Wildman–Crippen LogP) is 5.27. The van der Waals surface area contributed by atoms with Gasteiger partial charge in [-0.25, -0.2) is 14.6 Å². The summed E-state index contributed by atoms with van der Waals surface area (Å²) in [6.45, 7) is 1.90. The van der Waals surface area contributed by atoms with Gasteiger partial charge in [0.05, 0.1) is 11.8 Å². The molecule has 6 heteroatoms. The maximum Gasteiger partial charge on any atom is 0.343 e. The second-order valence-electron chi connectivity index (χ2n) is 7.16. The lowest BCUT2D eigenvalue weighted by molar-refractivity contribution is 0.0734. The van der Waals surface area contributed by atoms with Crippen LogP contribution in [0.5, 0.6) is 5.75 Å². The van der Waals surface area contributed by atoms with E-state index in [1.165, 1.54) is 30.5 Å². The van der Waals surface area contributed by atoms with Gasteiger partial charge in [-0.15, -0.1) is 0 Å². The van der Waals surface area contributed by atoms with Crippen molar-refractivity contribution < 1.29 is 18.7 Å². The van der Waals surface area contributed by atoms with Crippen molar-refractivity contribution >= 4 is 28.9 Å². The van der Waals surface area contributed by atoms with E-state index in [1.54, 1.807) is 24.3 Å². The molecular weight excluding hydrogens is 407 g/mol. The Morgan fingerprint density at radius 2 is 1.69 bits per heavy atom. The molecule has 1 N–H and O–H groups in total. The largest absolute Gasteiger partial charge is 0.422 e. The summed E-state index contributed by atoms with van der Waals surface area (Å²) in [6.07, 6.45) is 1.43. The first kappa shape index (κ1) is 20.9. The third kappa shape index (κ3) is 4.70. The average molecular weight is 426 g/mol. The zero-order valence-corrected chi connectivity index (χ0v) is 17.2. The lowest BCUT2D eigenvalue weighted by atomic mass is 10.0. The molecule has 0 fully saturated rings.